The molecule has 1 aromatic heterocycles. The fourth-order valence-electron chi connectivity index (χ4n) is 6.00. The van der Waals surface area contributed by atoms with Crippen LogP contribution in [0.15, 0.2) is 59.4 Å². The van der Waals surface area contributed by atoms with E-state index >= 15 is 0 Å². The lowest BCUT2D eigenvalue weighted by molar-refractivity contribution is 0.0948. The van der Waals surface area contributed by atoms with Crippen LogP contribution in [0.1, 0.15) is 45.9 Å². The highest BCUT2D eigenvalue weighted by molar-refractivity contribution is 7.80. The topological polar surface area (TPSA) is 87.6 Å². The van der Waals surface area contributed by atoms with Gasteiger partial charge in [-0.2, -0.15) is 0 Å². The predicted molar refractivity (Wildman–Crippen MR) is 165 cm³/mol. The van der Waals surface area contributed by atoms with Crippen LogP contribution in [0.5, 0.6) is 0 Å². The van der Waals surface area contributed by atoms with Crippen LogP contribution < -0.4 is 26.4 Å². The SMILES string of the molecule is COCCCNC(=O)c1ccc(N2C[C@H]3C[C@@H](C2)c2cccc(=O)n2C3)c(NC(=S)Nc2cc(C)cc(C)c2)c1. The van der Waals surface area contributed by atoms with Gasteiger partial charge in [0.1, 0.15) is 0 Å². The van der Waals surface area contributed by atoms with Gasteiger partial charge < -0.3 is 30.2 Å². The molecule has 0 spiro atoms. The van der Waals surface area contributed by atoms with E-state index in [2.05, 4.69) is 59.0 Å². The molecule has 2 aliphatic rings. The number of thiocarbonyl (C=S) groups is 1. The summed E-state index contributed by atoms with van der Waals surface area (Å²) in [7, 11) is 1.65. The molecule has 2 aliphatic heterocycles. The van der Waals surface area contributed by atoms with Gasteiger partial charge in [-0.25, -0.2) is 0 Å². The summed E-state index contributed by atoms with van der Waals surface area (Å²) in [4.78, 5) is 27.8. The third-order valence-electron chi connectivity index (χ3n) is 7.62. The molecule has 2 bridgehead atoms. The smallest absolute Gasteiger partial charge is 0.251 e. The highest BCUT2D eigenvalue weighted by Crippen LogP contribution is 2.39. The van der Waals surface area contributed by atoms with Crippen molar-refractivity contribution in [3.8, 4) is 0 Å². The minimum absolute atomic E-state index is 0.0756. The Morgan fingerprint density at radius 3 is 2.60 bits per heavy atom. The molecule has 3 aromatic rings. The maximum absolute atomic E-state index is 13.0. The molecule has 0 saturated carbocycles. The van der Waals surface area contributed by atoms with Gasteiger partial charge in [-0.05, 0) is 92.4 Å². The number of rotatable bonds is 8. The summed E-state index contributed by atoms with van der Waals surface area (Å²) >= 11 is 5.73. The van der Waals surface area contributed by atoms with Crippen molar-refractivity contribution in [3.05, 3.63) is 87.3 Å². The summed E-state index contributed by atoms with van der Waals surface area (Å²) in [5.74, 6) is 0.490. The molecule has 0 unspecified atom stereocenters. The van der Waals surface area contributed by atoms with Crippen molar-refractivity contribution in [2.45, 2.75) is 39.2 Å². The fourth-order valence-corrected chi connectivity index (χ4v) is 6.23. The number of benzene rings is 2. The summed E-state index contributed by atoms with van der Waals surface area (Å²) in [6.07, 6.45) is 1.81. The van der Waals surface area contributed by atoms with E-state index in [-0.39, 0.29) is 17.4 Å². The quantitative estimate of drug-likeness (QED) is 0.273. The second-order valence-corrected chi connectivity index (χ2v) is 11.3. The lowest BCUT2D eigenvalue weighted by atomic mass is 9.83. The standard InChI is InChI=1S/C31H37N5O3S/c1-20-12-21(2)14-25(13-20)33-31(40)34-26-16-23(30(38)32-10-5-11-39-3)8-9-28(26)35-17-22-15-24(19-35)27-6-4-7-29(37)36(27)18-22/h4,6-9,12-14,16,22,24H,5,10-11,15,17-19H2,1-3H3,(H,32,38)(H2,33,34,40)/t22-,24+/m1/s1. The van der Waals surface area contributed by atoms with E-state index in [0.717, 1.165) is 66.4 Å². The predicted octanol–water partition coefficient (Wildman–Crippen LogP) is 4.66. The van der Waals surface area contributed by atoms with Gasteiger partial charge in [-0.15, -0.1) is 0 Å². The summed E-state index contributed by atoms with van der Waals surface area (Å²) in [6, 6.07) is 17.6. The number of carbonyl (C=O) groups is 1. The maximum Gasteiger partial charge on any atom is 0.251 e. The van der Waals surface area contributed by atoms with Crippen LogP contribution in [0.2, 0.25) is 0 Å². The molecule has 0 radical (unpaired) electrons. The molecule has 1 fully saturated rings. The van der Waals surface area contributed by atoms with Crippen LogP contribution in [0, 0.1) is 19.8 Å². The Labute approximate surface area is 240 Å². The molecule has 1 amide bonds. The van der Waals surface area contributed by atoms with Gasteiger partial charge in [0.05, 0.1) is 11.4 Å². The van der Waals surface area contributed by atoms with Gasteiger partial charge in [0.25, 0.3) is 11.5 Å². The first kappa shape index (κ1) is 27.9. The summed E-state index contributed by atoms with van der Waals surface area (Å²) < 4.78 is 7.03. The van der Waals surface area contributed by atoms with Gasteiger partial charge in [-0.1, -0.05) is 12.1 Å². The van der Waals surface area contributed by atoms with E-state index in [1.54, 1.807) is 13.2 Å². The Morgan fingerprint density at radius 1 is 1.02 bits per heavy atom. The molecule has 3 N–H and O–H groups in total. The monoisotopic (exact) mass is 559 g/mol. The number of amides is 1. The van der Waals surface area contributed by atoms with Crippen LogP contribution >= 0.6 is 12.2 Å². The molecular formula is C31H37N5O3S. The molecule has 5 rings (SSSR count). The van der Waals surface area contributed by atoms with Crippen molar-refractivity contribution >= 4 is 40.3 Å². The van der Waals surface area contributed by atoms with Gasteiger partial charge >= 0.3 is 0 Å². The molecule has 8 nitrogen and oxygen atoms in total. The number of methoxy groups -OCH3 is 1. The van der Waals surface area contributed by atoms with Crippen molar-refractivity contribution < 1.29 is 9.53 Å². The van der Waals surface area contributed by atoms with E-state index in [4.69, 9.17) is 17.0 Å². The Morgan fingerprint density at radius 2 is 1.82 bits per heavy atom. The number of ether oxygens (including phenoxy) is 1. The van der Waals surface area contributed by atoms with Crippen molar-refractivity contribution in [1.29, 1.82) is 0 Å². The molecule has 1 saturated heterocycles. The molecule has 2 atom stereocenters. The van der Waals surface area contributed by atoms with Crippen molar-refractivity contribution in [2.24, 2.45) is 5.92 Å². The number of hydrogen-bond donors (Lipinski definition) is 3. The molecule has 210 valence electrons. The fraction of sp³-hybridized carbons (Fsp3) is 0.387. The van der Waals surface area contributed by atoms with E-state index in [1.165, 1.54) is 0 Å². The third kappa shape index (κ3) is 6.37. The van der Waals surface area contributed by atoms with E-state index in [1.807, 2.05) is 28.8 Å². The second kappa shape index (κ2) is 12.2. The number of hydrogen-bond acceptors (Lipinski definition) is 5. The summed E-state index contributed by atoms with van der Waals surface area (Å²) in [6.45, 7) is 7.58. The average molecular weight is 560 g/mol. The van der Waals surface area contributed by atoms with Crippen LogP contribution in [-0.4, -0.2) is 48.9 Å². The van der Waals surface area contributed by atoms with Crippen LogP contribution in [0.4, 0.5) is 17.1 Å². The van der Waals surface area contributed by atoms with Crippen molar-refractivity contribution in [3.63, 3.8) is 0 Å². The zero-order chi connectivity index (χ0) is 28.2. The van der Waals surface area contributed by atoms with Gasteiger partial charge in [0.2, 0.25) is 0 Å². The van der Waals surface area contributed by atoms with E-state index in [9.17, 15) is 9.59 Å². The Balaban J connectivity index is 1.41. The van der Waals surface area contributed by atoms with Crippen molar-refractivity contribution in [1.82, 2.24) is 9.88 Å². The minimum atomic E-state index is -0.136. The summed E-state index contributed by atoms with van der Waals surface area (Å²) in [5.41, 5.74) is 6.72. The van der Waals surface area contributed by atoms with Crippen LogP contribution in [-0.2, 0) is 11.3 Å². The number of carbonyl (C=O) groups excluding carboxylic acids is 1. The Bertz CT molecular complexity index is 1450. The van der Waals surface area contributed by atoms with Gasteiger partial charge in [0, 0.05) is 68.8 Å². The molecule has 40 heavy (non-hydrogen) atoms. The Hall–Kier alpha value is -3.69. The largest absolute Gasteiger partial charge is 0.385 e. The zero-order valence-electron chi connectivity index (χ0n) is 23.3. The first-order valence-corrected chi connectivity index (χ1v) is 14.2. The summed E-state index contributed by atoms with van der Waals surface area (Å²) in [5, 5.41) is 10.1. The molecule has 2 aromatic carbocycles. The second-order valence-electron chi connectivity index (χ2n) is 10.9. The highest BCUT2D eigenvalue weighted by atomic mass is 32.1. The first-order valence-electron chi connectivity index (χ1n) is 13.8. The maximum atomic E-state index is 13.0. The molecular weight excluding hydrogens is 522 g/mol. The zero-order valence-corrected chi connectivity index (χ0v) is 24.1. The highest BCUT2D eigenvalue weighted by Gasteiger charge is 2.35. The number of anilines is 3. The van der Waals surface area contributed by atoms with Crippen molar-refractivity contribution in [2.75, 3.05) is 48.9 Å². The molecule has 3 heterocycles. The third-order valence-corrected chi connectivity index (χ3v) is 7.82. The van der Waals surface area contributed by atoms with Gasteiger partial charge in [-0.3, -0.25) is 9.59 Å². The number of fused-ring (bicyclic) bond motifs is 4. The van der Waals surface area contributed by atoms with Crippen LogP contribution in [0.3, 0.4) is 0 Å². The average Bonchev–Trinajstić information content (AvgIpc) is 2.91. The lowest BCUT2D eigenvalue weighted by Gasteiger charge is -2.44. The lowest BCUT2D eigenvalue weighted by Crippen LogP contribution is -2.47. The molecule has 9 heteroatoms. The normalized spacial score (nSPS) is 17.6. The number of pyridine rings is 1. The number of aromatic nitrogens is 1. The number of nitrogens with zero attached hydrogens (tertiary/aromatic N) is 2. The Kier molecular flexibility index (Phi) is 8.52. The van der Waals surface area contributed by atoms with Gasteiger partial charge in [0.15, 0.2) is 5.11 Å². The molecule has 0 aliphatic carbocycles. The number of piperidine rings is 1. The van der Waals surface area contributed by atoms with E-state index in [0.29, 0.717) is 29.7 Å². The first-order chi connectivity index (χ1) is 19.3. The minimum Gasteiger partial charge on any atom is -0.385 e. The number of nitrogens with one attached hydrogen (secondary N) is 3. The van der Waals surface area contributed by atoms with E-state index < -0.39 is 0 Å². The number of aryl methyl sites for hydroxylation is 2. The van der Waals surface area contributed by atoms with Crippen LogP contribution in [0.25, 0.3) is 0 Å².